The van der Waals surface area contributed by atoms with Crippen LogP contribution in [0.25, 0.3) is 0 Å². The van der Waals surface area contributed by atoms with E-state index in [1.165, 1.54) is 0 Å². The molecular weight excluding hydrogens is 265 g/mol. The van der Waals surface area contributed by atoms with Crippen molar-refractivity contribution in [2.75, 3.05) is 28.3 Å². The van der Waals surface area contributed by atoms with Crippen LogP contribution in [-0.4, -0.2) is 14.1 Å². The van der Waals surface area contributed by atoms with Crippen molar-refractivity contribution in [3.8, 4) is 0 Å². The second-order valence-corrected chi connectivity index (χ2v) is 2.89. The second-order valence-electron chi connectivity index (χ2n) is 2.35. The molecule has 0 aliphatic heterocycles. The second kappa shape index (κ2) is 4.39. The zero-order valence-electron chi connectivity index (χ0n) is 7.11. The number of anilines is 3. The minimum absolute atomic E-state index is 1.10. The van der Waals surface area contributed by atoms with Gasteiger partial charge in [0.1, 0.15) is 0 Å². The summed E-state index contributed by atoms with van der Waals surface area (Å²) in [7, 11) is 3.82. The Morgan fingerprint density at radius 2 is 1.75 bits per heavy atom. The first-order valence-corrected chi connectivity index (χ1v) is 4.76. The lowest BCUT2D eigenvalue weighted by Gasteiger charge is -2.09. The van der Waals surface area contributed by atoms with E-state index in [0.29, 0.717) is 0 Å². The van der Waals surface area contributed by atoms with Crippen molar-refractivity contribution in [1.82, 2.24) is 0 Å². The van der Waals surface area contributed by atoms with E-state index in [0.717, 1.165) is 17.1 Å². The summed E-state index contributed by atoms with van der Waals surface area (Å²) >= 11 is 2.11. The predicted molar refractivity (Wildman–Crippen MR) is 63.2 cm³/mol. The summed E-state index contributed by atoms with van der Waals surface area (Å²) in [6.07, 6.45) is 0. The smallest absolute Gasteiger partial charge is 0.0594 e. The van der Waals surface area contributed by atoms with Crippen molar-refractivity contribution in [2.24, 2.45) is 0 Å². The Morgan fingerprint density at radius 3 is 2.25 bits per heavy atom. The lowest BCUT2D eigenvalue weighted by atomic mass is 10.2. The largest absolute Gasteiger partial charge is 0.386 e. The van der Waals surface area contributed by atoms with Gasteiger partial charge in [-0.05, 0) is 18.2 Å². The Labute approximate surface area is 86.4 Å². The minimum atomic E-state index is 1.10. The molecule has 0 heterocycles. The molecular formula is C8H12IN3. The van der Waals surface area contributed by atoms with E-state index in [1.807, 2.05) is 26.2 Å². The third kappa shape index (κ3) is 1.94. The van der Waals surface area contributed by atoms with Crippen molar-refractivity contribution in [1.29, 1.82) is 0 Å². The fourth-order valence-electron chi connectivity index (χ4n) is 1.03. The molecule has 0 aliphatic carbocycles. The molecule has 0 spiro atoms. The van der Waals surface area contributed by atoms with Crippen LogP contribution in [-0.2, 0) is 0 Å². The lowest BCUT2D eigenvalue weighted by molar-refractivity contribution is 1.45. The number of benzene rings is 1. The molecule has 0 bridgehead atoms. The predicted octanol–water partition coefficient (Wildman–Crippen LogP) is 2.53. The topological polar surface area (TPSA) is 36.1 Å². The van der Waals surface area contributed by atoms with Crippen molar-refractivity contribution >= 4 is 39.9 Å². The van der Waals surface area contributed by atoms with Gasteiger partial charge in [-0.3, -0.25) is 0 Å². The van der Waals surface area contributed by atoms with Gasteiger partial charge in [0.2, 0.25) is 0 Å². The van der Waals surface area contributed by atoms with Gasteiger partial charge in [-0.25, -0.2) is 0 Å². The molecule has 0 fully saturated rings. The average Bonchev–Trinajstić information content (AvgIpc) is 2.16. The molecule has 0 unspecified atom stereocenters. The number of rotatable bonds is 3. The van der Waals surface area contributed by atoms with Gasteiger partial charge in [0.05, 0.1) is 34.2 Å². The Balaban J connectivity index is 3.02. The summed E-state index contributed by atoms with van der Waals surface area (Å²) in [4.78, 5) is 0. The average molecular weight is 277 g/mol. The van der Waals surface area contributed by atoms with E-state index in [1.54, 1.807) is 0 Å². The van der Waals surface area contributed by atoms with Crippen molar-refractivity contribution in [3.63, 3.8) is 0 Å². The number of hydrogen-bond acceptors (Lipinski definition) is 3. The molecule has 66 valence electrons. The summed E-state index contributed by atoms with van der Waals surface area (Å²) in [5.41, 5.74) is 3.30. The van der Waals surface area contributed by atoms with Gasteiger partial charge >= 0.3 is 0 Å². The molecule has 1 rings (SSSR count). The molecule has 1 aromatic carbocycles. The standard InChI is InChI=1S/C8H12IN3/c1-10-7-4-3-6(12-9)5-8(7)11-2/h3-5,10-12H,1-2H3. The molecule has 0 atom stereocenters. The summed E-state index contributed by atoms with van der Waals surface area (Å²) < 4.78 is 3.06. The Bertz CT molecular complexity index is 262. The summed E-state index contributed by atoms with van der Waals surface area (Å²) in [5, 5.41) is 6.22. The fraction of sp³-hybridized carbons (Fsp3) is 0.250. The maximum Gasteiger partial charge on any atom is 0.0594 e. The van der Waals surface area contributed by atoms with E-state index in [-0.39, 0.29) is 0 Å². The highest BCUT2D eigenvalue weighted by atomic mass is 127. The molecule has 0 saturated carbocycles. The monoisotopic (exact) mass is 277 g/mol. The minimum Gasteiger partial charge on any atom is -0.386 e. The van der Waals surface area contributed by atoms with Crippen molar-refractivity contribution in [2.45, 2.75) is 0 Å². The molecule has 0 amide bonds. The molecule has 0 aromatic heterocycles. The van der Waals surface area contributed by atoms with Gasteiger partial charge in [-0.15, -0.1) is 0 Å². The zero-order valence-corrected chi connectivity index (χ0v) is 9.27. The number of nitrogens with one attached hydrogen (secondary N) is 3. The first-order chi connectivity index (χ1) is 5.81. The Hall–Kier alpha value is -0.650. The summed E-state index contributed by atoms with van der Waals surface area (Å²) in [6.45, 7) is 0. The highest BCUT2D eigenvalue weighted by molar-refractivity contribution is 14.1. The third-order valence-electron chi connectivity index (χ3n) is 1.67. The molecule has 1 aromatic rings. The van der Waals surface area contributed by atoms with E-state index < -0.39 is 0 Å². The molecule has 4 heteroatoms. The van der Waals surface area contributed by atoms with Crippen LogP contribution in [0, 0.1) is 0 Å². The normalized spacial score (nSPS) is 9.25. The van der Waals surface area contributed by atoms with E-state index in [4.69, 9.17) is 0 Å². The van der Waals surface area contributed by atoms with E-state index >= 15 is 0 Å². The van der Waals surface area contributed by atoms with Crippen LogP contribution in [0.1, 0.15) is 0 Å². The van der Waals surface area contributed by atoms with Gasteiger partial charge in [0, 0.05) is 19.8 Å². The van der Waals surface area contributed by atoms with E-state index in [2.05, 4.69) is 43.1 Å². The zero-order chi connectivity index (χ0) is 8.97. The van der Waals surface area contributed by atoms with Gasteiger partial charge in [0.25, 0.3) is 0 Å². The number of hydrogen-bond donors (Lipinski definition) is 3. The molecule has 3 N–H and O–H groups in total. The molecule has 0 radical (unpaired) electrons. The Kier molecular flexibility index (Phi) is 3.46. The van der Waals surface area contributed by atoms with E-state index in [9.17, 15) is 0 Å². The Morgan fingerprint density at radius 1 is 1.08 bits per heavy atom. The fourth-order valence-corrected chi connectivity index (χ4v) is 1.36. The van der Waals surface area contributed by atoms with Crippen molar-refractivity contribution < 1.29 is 0 Å². The highest BCUT2D eigenvalue weighted by Crippen LogP contribution is 2.25. The molecule has 12 heavy (non-hydrogen) atoms. The van der Waals surface area contributed by atoms with Crippen LogP contribution < -0.4 is 14.2 Å². The van der Waals surface area contributed by atoms with Gasteiger partial charge in [-0.1, -0.05) is 0 Å². The maximum atomic E-state index is 3.12. The van der Waals surface area contributed by atoms with Gasteiger partial charge < -0.3 is 14.2 Å². The number of halogens is 1. The first-order valence-electron chi connectivity index (χ1n) is 3.68. The lowest BCUT2D eigenvalue weighted by Crippen LogP contribution is -1.96. The van der Waals surface area contributed by atoms with Crippen LogP contribution in [0.3, 0.4) is 0 Å². The van der Waals surface area contributed by atoms with Gasteiger partial charge in [0.15, 0.2) is 0 Å². The quantitative estimate of drug-likeness (QED) is 0.587. The molecule has 0 saturated heterocycles. The summed E-state index contributed by atoms with van der Waals surface area (Å²) in [5.74, 6) is 0. The van der Waals surface area contributed by atoms with Crippen LogP contribution in [0.2, 0.25) is 0 Å². The maximum absolute atomic E-state index is 3.12. The third-order valence-corrected chi connectivity index (χ3v) is 2.29. The first kappa shape index (κ1) is 9.44. The van der Waals surface area contributed by atoms with Crippen LogP contribution in [0.4, 0.5) is 17.1 Å². The molecule has 3 nitrogen and oxygen atoms in total. The molecule has 0 aliphatic rings. The van der Waals surface area contributed by atoms with Crippen LogP contribution in [0.15, 0.2) is 18.2 Å². The highest BCUT2D eigenvalue weighted by Gasteiger charge is 1.98. The van der Waals surface area contributed by atoms with Crippen molar-refractivity contribution in [3.05, 3.63) is 18.2 Å². The SMILES string of the molecule is CNc1ccc(NI)cc1NC. The summed E-state index contributed by atoms with van der Waals surface area (Å²) in [6, 6.07) is 6.12. The van der Waals surface area contributed by atoms with Gasteiger partial charge in [-0.2, -0.15) is 0 Å². The van der Waals surface area contributed by atoms with Crippen LogP contribution in [0.5, 0.6) is 0 Å². The van der Waals surface area contributed by atoms with Crippen LogP contribution >= 0.6 is 22.9 Å².